The standard InChI is InChI=1S/C23H22N4O2S/c28-22(24-15-19-9-3-1-4-10-19)18-30(29)17-20-16-25-27(21-11-5-2-6-12-21)23(20)26-13-7-8-14-26/h1-14,16H,15,17-18H2,(H,24,28)/t30-/m0/s1. The lowest BCUT2D eigenvalue weighted by Crippen LogP contribution is -2.28. The molecule has 0 unspecified atom stereocenters. The van der Waals surface area contributed by atoms with Crippen molar-refractivity contribution in [2.45, 2.75) is 12.3 Å². The molecule has 0 saturated heterocycles. The molecule has 2 aromatic heterocycles. The summed E-state index contributed by atoms with van der Waals surface area (Å²) < 4.78 is 16.5. The van der Waals surface area contributed by atoms with Crippen molar-refractivity contribution in [1.82, 2.24) is 19.7 Å². The van der Waals surface area contributed by atoms with Gasteiger partial charge in [0.2, 0.25) is 5.91 Å². The first kappa shape index (κ1) is 19.8. The van der Waals surface area contributed by atoms with Gasteiger partial charge in [-0.3, -0.25) is 9.00 Å². The van der Waals surface area contributed by atoms with Crippen LogP contribution in [0, 0.1) is 0 Å². The summed E-state index contributed by atoms with van der Waals surface area (Å²) in [7, 11) is -1.35. The molecule has 0 saturated carbocycles. The minimum absolute atomic E-state index is 0.0472. The Morgan fingerprint density at radius 2 is 1.60 bits per heavy atom. The highest BCUT2D eigenvalue weighted by Crippen LogP contribution is 2.21. The van der Waals surface area contributed by atoms with E-state index in [9.17, 15) is 9.00 Å². The summed E-state index contributed by atoms with van der Waals surface area (Å²) in [5, 5.41) is 7.34. The maximum atomic E-state index is 12.7. The van der Waals surface area contributed by atoms with Crippen molar-refractivity contribution in [3.63, 3.8) is 0 Å². The van der Waals surface area contributed by atoms with Crippen LogP contribution in [0.15, 0.2) is 91.4 Å². The Morgan fingerprint density at radius 1 is 0.933 bits per heavy atom. The highest BCUT2D eigenvalue weighted by Gasteiger charge is 2.17. The third-order valence-electron chi connectivity index (χ3n) is 4.61. The molecule has 0 aliphatic heterocycles. The Kier molecular flexibility index (Phi) is 6.20. The number of benzene rings is 2. The van der Waals surface area contributed by atoms with Crippen molar-refractivity contribution >= 4 is 16.7 Å². The maximum Gasteiger partial charge on any atom is 0.232 e. The second-order valence-corrected chi connectivity index (χ2v) is 8.28. The predicted molar refractivity (Wildman–Crippen MR) is 118 cm³/mol. The second-order valence-electron chi connectivity index (χ2n) is 6.82. The molecule has 2 heterocycles. The van der Waals surface area contributed by atoms with Crippen LogP contribution >= 0.6 is 0 Å². The fourth-order valence-electron chi connectivity index (χ4n) is 3.20. The van der Waals surface area contributed by atoms with Gasteiger partial charge >= 0.3 is 0 Å². The minimum atomic E-state index is -1.35. The molecule has 152 valence electrons. The lowest BCUT2D eigenvalue weighted by molar-refractivity contribution is -0.118. The van der Waals surface area contributed by atoms with E-state index in [1.165, 1.54) is 0 Å². The number of amides is 1. The van der Waals surface area contributed by atoms with Gasteiger partial charge in [-0.15, -0.1) is 0 Å². The first-order valence-electron chi connectivity index (χ1n) is 9.62. The van der Waals surface area contributed by atoms with Crippen molar-refractivity contribution < 1.29 is 9.00 Å². The lowest BCUT2D eigenvalue weighted by atomic mass is 10.2. The quantitative estimate of drug-likeness (QED) is 0.478. The first-order chi connectivity index (χ1) is 14.7. The number of nitrogens with one attached hydrogen (secondary N) is 1. The predicted octanol–water partition coefficient (Wildman–Crippen LogP) is 3.23. The van der Waals surface area contributed by atoms with Gasteiger partial charge in [0.1, 0.15) is 11.6 Å². The van der Waals surface area contributed by atoms with E-state index in [2.05, 4.69) is 10.4 Å². The topological polar surface area (TPSA) is 68.9 Å². The van der Waals surface area contributed by atoms with Gasteiger partial charge in [0.15, 0.2) is 0 Å². The van der Waals surface area contributed by atoms with Crippen molar-refractivity contribution in [2.75, 3.05) is 5.75 Å². The van der Waals surface area contributed by atoms with E-state index in [0.29, 0.717) is 6.54 Å². The van der Waals surface area contributed by atoms with E-state index in [4.69, 9.17) is 0 Å². The number of rotatable bonds is 8. The second kappa shape index (κ2) is 9.37. The highest BCUT2D eigenvalue weighted by atomic mass is 32.2. The van der Waals surface area contributed by atoms with Crippen LogP contribution in [-0.2, 0) is 27.9 Å². The zero-order chi connectivity index (χ0) is 20.8. The molecule has 0 fully saturated rings. The number of para-hydroxylation sites is 1. The monoisotopic (exact) mass is 418 g/mol. The van der Waals surface area contributed by atoms with E-state index in [-0.39, 0.29) is 17.4 Å². The van der Waals surface area contributed by atoms with Crippen LogP contribution in [0.1, 0.15) is 11.1 Å². The molecule has 0 spiro atoms. The van der Waals surface area contributed by atoms with Gasteiger partial charge in [-0.1, -0.05) is 48.5 Å². The summed E-state index contributed by atoms with van der Waals surface area (Å²) in [4.78, 5) is 12.2. The summed E-state index contributed by atoms with van der Waals surface area (Å²) in [5.41, 5.74) is 2.75. The molecule has 7 heteroatoms. The van der Waals surface area contributed by atoms with Crippen molar-refractivity contribution in [1.29, 1.82) is 0 Å². The molecule has 0 aliphatic rings. The average Bonchev–Trinajstić information content (AvgIpc) is 3.43. The molecule has 30 heavy (non-hydrogen) atoms. The van der Waals surface area contributed by atoms with Gasteiger partial charge in [0, 0.05) is 35.3 Å². The molecule has 0 aliphatic carbocycles. The zero-order valence-corrected chi connectivity index (χ0v) is 17.2. The number of hydrogen-bond donors (Lipinski definition) is 1. The van der Waals surface area contributed by atoms with Crippen LogP contribution in [-0.4, -0.2) is 30.2 Å². The molecule has 1 N–H and O–H groups in total. The fraction of sp³-hybridized carbons (Fsp3) is 0.130. The average molecular weight is 419 g/mol. The van der Waals surface area contributed by atoms with Crippen LogP contribution in [0.25, 0.3) is 11.5 Å². The van der Waals surface area contributed by atoms with Gasteiger partial charge in [-0.05, 0) is 29.8 Å². The molecular weight excluding hydrogens is 396 g/mol. The molecule has 0 bridgehead atoms. The first-order valence-corrected chi connectivity index (χ1v) is 11.1. The number of hydrogen-bond acceptors (Lipinski definition) is 3. The number of carbonyl (C=O) groups excluding carboxylic acids is 1. The summed E-state index contributed by atoms with van der Waals surface area (Å²) in [6.45, 7) is 0.428. The zero-order valence-electron chi connectivity index (χ0n) is 16.3. The van der Waals surface area contributed by atoms with E-state index >= 15 is 0 Å². The molecule has 1 amide bonds. The van der Waals surface area contributed by atoms with Crippen LogP contribution in [0.3, 0.4) is 0 Å². The summed E-state index contributed by atoms with van der Waals surface area (Å²) >= 11 is 0. The molecule has 0 radical (unpaired) electrons. The normalized spacial score (nSPS) is 11.9. The molecular formula is C23H22N4O2S. The molecule has 4 aromatic rings. The highest BCUT2D eigenvalue weighted by molar-refractivity contribution is 7.84. The van der Waals surface area contributed by atoms with Crippen molar-refractivity contribution in [3.8, 4) is 11.5 Å². The third kappa shape index (κ3) is 4.75. The van der Waals surface area contributed by atoms with E-state index < -0.39 is 10.8 Å². The van der Waals surface area contributed by atoms with Gasteiger partial charge in [-0.25, -0.2) is 4.68 Å². The number of carbonyl (C=O) groups is 1. The van der Waals surface area contributed by atoms with E-state index in [1.54, 1.807) is 6.20 Å². The lowest BCUT2D eigenvalue weighted by Gasteiger charge is -2.11. The van der Waals surface area contributed by atoms with Crippen molar-refractivity contribution in [2.24, 2.45) is 0 Å². The molecule has 1 atom stereocenters. The SMILES string of the molecule is O=C(C[S@@](=O)Cc1cnn(-c2ccccc2)c1-n1cccc1)NCc1ccccc1. The largest absolute Gasteiger partial charge is 0.351 e. The van der Waals surface area contributed by atoms with E-state index in [0.717, 1.165) is 22.6 Å². The Morgan fingerprint density at radius 3 is 2.30 bits per heavy atom. The molecule has 6 nitrogen and oxygen atoms in total. The fourth-order valence-corrected chi connectivity index (χ4v) is 4.25. The minimum Gasteiger partial charge on any atom is -0.351 e. The van der Waals surface area contributed by atoms with Gasteiger partial charge in [-0.2, -0.15) is 5.10 Å². The van der Waals surface area contributed by atoms with Gasteiger partial charge in [0.25, 0.3) is 0 Å². The van der Waals surface area contributed by atoms with Crippen molar-refractivity contribution in [3.05, 3.63) is 103 Å². The Bertz CT molecular complexity index is 1120. The Labute approximate surface area is 177 Å². The maximum absolute atomic E-state index is 12.7. The summed E-state index contributed by atoms with van der Waals surface area (Å²) in [6.07, 6.45) is 5.58. The molecule has 4 rings (SSSR count). The Hall–Kier alpha value is -3.45. The number of aromatic nitrogens is 3. The van der Waals surface area contributed by atoms with Crippen LogP contribution in [0.2, 0.25) is 0 Å². The van der Waals surface area contributed by atoms with Crippen LogP contribution in [0.5, 0.6) is 0 Å². The number of nitrogens with zero attached hydrogens (tertiary/aromatic N) is 3. The van der Waals surface area contributed by atoms with Crippen LogP contribution in [0.4, 0.5) is 0 Å². The Balaban J connectivity index is 1.47. The smallest absolute Gasteiger partial charge is 0.232 e. The van der Waals surface area contributed by atoms with E-state index in [1.807, 2.05) is 94.4 Å². The molecule has 2 aromatic carbocycles. The summed E-state index contributed by atoms with van der Waals surface area (Å²) in [5.74, 6) is 0.799. The third-order valence-corrected chi connectivity index (χ3v) is 5.82. The van der Waals surface area contributed by atoms with Gasteiger partial charge in [0.05, 0.1) is 17.6 Å². The summed E-state index contributed by atoms with van der Waals surface area (Å²) in [6, 6.07) is 23.3. The van der Waals surface area contributed by atoms with Crippen LogP contribution < -0.4 is 5.32 Å². The van der Waals surface area contributed by atoms with Gasteiger partial charge < -0.3 is 9.88 Å².